The van der Waals surface area contributed by atoms with Gasteiger partial charge < -0.3 is 9.47 Å². The highest BCUT2D eigenvalue weighted by molar-refractivity contribution is 6.13. The lowest BCUT2D eigenvalue weighted by Crippen LogP contribution is -2.38. The summed E-state index contributed by atoms with van der Waals surface area (Å²) in [6.07, 6.45) is 3.13. The molecule has 3 aromatic carbocycles. The number of nitrogens with zero attached hydrogens (tertiary/aromatic N) is 1. The summed E-state index contributed by atoms with van der Waals surface area (Å²) in [5.41, 5.74) is 3.80. The highest BCUT2D eigenvalue weighted by Gasteiger charge is 2.44. The first-order valence-corrected chi connectivity index (χ1v) is 12.2. The zero-order chi connectivity index (χ0) is 23.3. The van der Waals surface area contributed by atoms with Crippen LogP contribution in [0.25, 0.3) is 0 Å². The van der Waals surface area contributed by atoms with Crippen LogP contribution in [0.3, 0.4) is 0 Å². The molecule has 2 fully saturated rings. The third-order valence-electron chi connectivity index (χ3n) is 7.01. The second kappa shape index (κ2) is 10.4. The molecule has 4 heteroatoms. The van der Waals surface area contributed by atoms with Crippen LogP contribution in [0.4, 0.5) is 0 Å². The fourth-order valence-corrected chi connectivity index (χ4v) is 5.24. The molecule has 174 valence electrons. The van der Waals surface area contributed by atoms with Crippen LogP contribution in [0.2, 0.25) is 0 Å². The van der Waals surface area contributed by atoms with Crippen LogP contribution < -0.4 is 0 Å². The molecular formula is C30H31NO3. The molecule has 2 aliphatic rings. The summed E-state index contributed by atoms with van der Waals surface area (Å²) in [4.78, 5) is 18.7. The molecule has 0 saturated carbocycles. The maximum atomic E-state index is 13.6. The Labute approximate surface area is 201 Å². The summed E-state index contributed by atoms with van der Waals surface area (Å²) in [5, 5.41) is 0. The van der Waals surface area contributed by atoms with E-state index in [2.05, 4.69) is 6.92 Å². The van der Waals surface area contributed by atoms with Crippen LogP contribution in [-0.2, 0) is 20.9 Å². The Morgan fingerprint density at radius 1 is 0.882 bits per heavy atom. The van der Waals surface area contributed by atoms with E-state index in [1.165, 1.54) is 0 Å². The molecule has 0 aliphatic carbocycles. The minimum absolute atomic E-state index is 0.0967. The first-order valence-electron chi connectivity index (χ1n) is 12.2. The van der Waals surface area contributed by atoms with Crippen LogP contribution in [-0.4, -0.2) is 29.9 Å². The molecule has 3 aromatic rings. The number of esters is 1. The Morgan fingerprint density at radius 3 is 2.06 bits per heavy atom. The molecule has 0 N–H and O–H groups in total. The minimum atomic E-state index is -0.571. The molecule has 5 unspecified atom stereocenters. The number of rotatable bonds is 7. The number of carbonyl (C=O) groups excluding carboxylic acids is 1. The molecule has 5 rings (SSSR count). The van der Waals surface area contributed by atoms with Gasteiger partial charge in [-0.05, 0) is 36.7 Å². The molecule has 0 aromatic heterocycles. The van der Waals surface area contributed by atoms with E-state index >= 15 is 0 Å². The smallest absolute Gasteiger partial charge is 0.331 e. The van der Waals surface area contributed by atoms with Crippen LogP contribution in [0.1, 0.15) is 42.9 Å². The van der Waals surface area contributed by atoms with Gasteiger partial charge in [0.1, 0.15) is 6.61 Å². The van der Waals surface area contributed by atoms with E-state index < -0.39 is 6.04 Å². The Hall–Kier alpha value is -3.24. The standard InChI is InChI=1S/C30H31NO3/c1-21-17-26-18-25(19-27(21)34-26)29(30(32)33-20-22-11-5-2-6-12-22)31-28(23-13-7-3-8-14-23)24-15-9-4-10-16-24/h2-16,21,25-27,29H,17-20H2,1H3. The summed E-state index contributed by atoms with van der Waals surface area (Å²) >= 11 is 0. The molecule has 5 atom stereocenters. The topological polar surface area (TPSA) is 47.9 Å². The van der Waals surface area contributed by atoms with Crippen molar-refractivity contribution in [1.29, 1.82) is 0 Å². The average Bonchev–Trinajstić information content (AvgIpc) is 3.15. The average molecular weight is 454 g/mol. The van der Waals surface area contributed by atoms with Gasteiger partial charge in [0.25, 0.3) is 0 Å². The maximum Gasteiger partial charge on any atom is 0.331 e. The first kappa shape index (κ1) is 22.5. The van der Waals surface area contributed by atoms with Gasteiger partial charge in [-0.25, -0.2) is 4.79 Å². The van der Waals surface area contributed by atoms with Crippen LogP contribution in [0.15, 0.2) is 96.0 Å². The lowest BCUT2D eigenvalue weighted by atomic mass is 9.87. The van der Waals surface area contributed by atoms with Gasteiger partial charge in [0.2, 0.25) is 0 Å². The lowest BCUT2D eigenvalue weighted by molar-refractivity contribution is -0.149. The molecule has 2 bridgehead atoms. The lowest BCUT2D eigenvalue weighted by Gasteiger charge is -2.32. The van der Waals surface area contributed by atoms with E-state index in [0.29, 0.717) is 5.92 Å². The van der Waals surface area contributed by atoms with Crippen LogP contribution in [0, 0.1) is 11.8 Å². The van der Waals surface area contributed by atoms with Crippen molar-refractivity contribution in [2.75, 3.05) is 0 Å². The molecule has 0 amide bonds. The summed E-state index contributed by atoms with van der Waals surface area (Å²) in [7, 11) is 0. The van der Waals surface area contributed by atoms with E-state index in [9.17, 15) is 4.79 Å². The fraction of sp³-hybridized carbons (Fsp3) is 0.333. The number of hydrogen-bond acceptors (Lipinski definition) is 4. The van der Waals surface area contributed by atoms with Crippen molar-refractivity contribution in [3.63, 3.8) is 0 Å². The molecule has 4 nitrogen and oxygen atoms in total. The Morgan fingerprint density at radius 2 is 1.47 bits per heavy atom. The molecule has 2 aliphatic heterocycles. The third kappa shape index (κ3) is 5.13. The van der Waals surface area contributed by atoms with Gasteiger partial charge in [0.05, 0.1) is 17.9 Å². The predicted molar refractivity (Wildman–Crippen MR) is 134 cm³/mol. The number of aliphatic imine (C=N–C) groups is 1. The zero-order valence-electron chi connectivity index (χ0n) is 19.5. The number of hydrogen-bond donors (Lipinski definition) is 0. The Kier molecular flexibility index (Phi) is 6.87. The van der Waals surface area contributed by atoms with Gasteiger partial charge in [-0.15, -0.1) is 0 Å². The second-order valence-electron chi connectivity index (χ2n) is 9.49. The van der Waals surface area contributed by atoms with E-state index in [1.54, 1.807) is 0 Å². The number of carbonyl (C=O) groups is 1. The largest absolute Gasteiger partial charge is 0.459 e. The van der Waals surface area contributed by atoms with E-state index in [1.807, 2.05) is 91.0 Å². The molecular weight excluding hydrogens is 422 g/mol. The number of ether oxygens (including phenoxy) is 2. The maximum absolute atomic E-state index is 13.6. The van der Waals surface area contributed by atoms with Gasteiger partial charge in [0.15, 0.2) is 6.04 Å². The third-order valence-corrected chi connectivity index (χ3v) is 7.01. The van der Waals surface area contributed by atoms with E-state index in [0.717, 1.165) is 41.7 Å². The van der Waals surface area contributed by atoms with Crippen LogP contribution in [0.5, 0.6) is 0 Å². The summed E-state index contributed by atoms with van der Waals surface area (Å²) in [6.45, 7) is 2.50. The monoisotopic (exact) mass is 453 g/mol. The normalized spacial score (nSPS) is 24.3. The van der Waals surface area contributed by atoms with Crippen molar-refractivity contribution in [2.24, 2.45) is 16.8 Å². The van der Waals surface area contributed by atoms with Crippen molar-refractivity contribution in [1.82, 2.24) is 0 Å². The number of fused-ring (bicyclic) bond motifs is 2. The molecule has 2 saturated heterocycles. The van der Waals surface area contributed by atoms with E-state index in [-0.39, 0.29) is 30.7 Å². The predicted octanol–water partition coefficient (Wildman–Crippen LogP) is 5.84. The van der Waals surface area contributed by atoms with Crippen molar-refractivity contribution in [3.8, 4) is 0 Å². The molecule has 34 heavy (non-hydrogen) atoms. The molecule has 2 heterocycles. The second-order valence-corrected chi connectivity index (χ2v) is 9.49. The van der Waals surface area contributed by atoms with Gasteiger partial charge in [0, 0.05) is 11.1 Å². The van der Waals surface area contributed by atoms with Gasteiger partial charge in [-0.3, -0.25) is 4.99 Å². The highest BCUT2D eigenvalue weighted by atomic mass is 16.5. The zero-order valence-corrected chi connectivity index (χ0v) is 19.5. The van der Waals surface area contributed by atoms with Crippen molar-refractivity contribution >= 4 is 11.7 Å². The summed E-state index contributed by atoms with van der Waals surface area (Å²) < 4.78 is 12.0. The Balaban J connectivity index is 1.49. The van der Waals surface area contributed by atoms with Crippen molar-refractivity contribution < 1.29 is 14.3 Å². The summed E-state index contributed by atoms with van der Waals surface area (Å²) in [5.74, 6) is 0.356. The molecule has 0 spiro atoms. The molecule has 0 radical (unpaired) electrons. The summed E-state index contributed by atoms with van der Waals surface area (Å²) in [6, 6.07) is 29.5. The van der Waals surface area contributed by atoms with Gasteiger partial charge >= 0.3 is 5.97 Å². The number of benzene rings is 3. The fourth-order valence-electron chi connectivity index (χ4n) is 5.24. The van der Waals surface area contributed by atoms with E-state index in [4.69, 9.17) is 14.5 Å². The van der Waals surface area contributed by atoms with Gasteiger partial charge in [-0.2, -0.15) is 0 Å². The highest BCUT2D eigenvalue weighted by Crippen LogP contribution is 2.41. The first-order chi connectivity index (χ1) is 16.7. The van der Waals surface area contributed by atoms with Crippen LogP contribution >= 0.6 is 0 Å². The SMILES string of the molecule is CC1CC2CC(C(N=C(c3ccccc3)c3ccccc3)C(=O)OCc3ccccc3)CC1O2. The van der Waals surface area contributed by atoms with Crippen molar-refractivity contribution in [2.45, 2.75) is 51.0 Å². The minimum Gasteiger partial charge on any atom is -0.459 e. The Bertz CT molecular complexity index is 1070. The quantitative estimate of drug-likeness (QED) is 0.334. The van der Waals surface area contributed by atoms with Gasteiger partial charge in [-0.1, -0.05) is 97.9 Å². The van der Waals surface area contributed by atoms with Crippen molar-refractivity contribution in [3.05, 3.63) is 108 Å².